The van der Waals surface area contributed by atoms with E-state index in [9.17, 15) is 19.8 Å². The standard InChI is InChI=1S/C24H32O3.C24H30O2/c1-2-23-8-6-15-14-5-4-13(26)10-16(14)17-11-18(17)21(15)22(23)19-12-20(19)24(23,27)7-3-9-25;1-2-23-8-6-15-14-5-4-13(25)10-16(14)17-11-18(17)21(15)22(23)19-12-20(19)24(23)7-3-9-26-24/h3,7,10,14-15,17-22,25,27H,2,4-6,8-9,11-12H2,1H3;3,7,10,14-15,17-22H,2,4-6,8-9,11-12H2,1H3/b7-3-;/t2*14-,15?,17+,18+,19-,20+,21?,22?,23+,24+/m11/s1. The van der Waals surface area contributed by atoms with Crippen LogP contribution in [0.2, 0.25) is 0 Å². The third-order valence-corrected chi connectivity index (χ3v) is 20.2. The fourth-order valence-corrected chi connectivity index (χ4v) is 18.5. The number of fused-ring (bicyclic) bond motifs is 22. The quantitative estimate of drug-likeness (QED) is 0.288. The van der Waals surface area contributed by atoms with Gasteiger partial charge < -0.3 is 14.9 Å². The van der Waals surface area contributed by atoms with E-state index in [2.05, 4.69) is 32.1 Å². The van der Waals surface area contributed by atoms with Gasteiger partial charge in [-0.05, 0) is 184 Å². The Kier molecular flexibility index (Phi) is 6.90. The molecule has 53 heavy (non-hydrogen) atoms. The first-order chi connectivity index (χ1) is 25.8. The van der Waals surface area contributed by atoms with Gasteiger partial charge in [-0.1, -0.05) is 49.3 Å². The Balaban J connectivity index is 0.000000119. The van der Waals surface area contributed by atoms with Gasteiger partial charge in [0.2, 0.25) is 0 Å². The molecule has 0 saturated heterocycles. The molecule has 5 heteroatoms. The highest BCUT2D eigenvalue weighted by atomic mass is 16.5. The minimum absolute atomic E-state index is 0.00621. The van der Waals surface area contributed by atoms with Crippen LogP contribution in [0.3, 0.4) is 0 Å². The van der Waals surface area contributed by atoms with E-state index < -0.39 is 5.60 Å². The molecule has 1 heterocycles. The lowest BCUT2D eigenvalue weighted by atomic mass is 9.47. The Bertz CT molecular complexity index is 1770. The molecule has 0 aromatic rings. The number of hydrogen-bond acceptors (Lipinski definition) is 5. The van der Waals surface area contributed by atoms with Crippen molar-refractivity contribution in [2.24, 2.45) is 106 Å². The average molecular weight is 719 g/mol. The molecule has 0 aromatic carbocycles. The van der Waals surface area contributed by atoms with Crippen molar-refractivity contribution >= 4 is 11.6 Å². The number of aliphatic hydroxyl groups is 2. The SMILES string of the molecule is CC[C@]12CCC3C(C1[C@@H]1C[C@@H]1[C@@]2(O)/C=C\CO)[C@H]1C[C@H]1C1=CC(=O)CC[C@@H]13.CC[C@]12CCC3C(C1[C@@H]1C[C@@H]1[C@@]21C=CCO1)[C@H]1C[C@H]1C1=CC(=O)CC[C@@H]13. The first-order valence-electron chi connectivity index (χ1n) is 22.6. The largest absolute Gasteiger partial charge is 0.392 e. The molecule has 1 aliphatic heterocycles. The third kappa shape index (κ3) is 4.02. The summed E-state index contributed by atoms with van der Waals surface area (Å²) in [4.78, 5) is 24.1. The summed E-state index contributed by atoms with van der Waals surface area (Å²) in [6, 6.07) is 0. The van der Waals surface area contributed by atoms with Crippen LogP contribution < -0.4 is 0 Å². The number of carbonyl (C=O) groups excluding carboxylic acids is 2. The molecule has 12 aliphatic carbocycles. The second-order valence-electron chi connectivity index (χ2n) is 21.1. The van der Waals surface area contributed by atoms with Gasteiger partial charge in [0.1, 0.15) is 0 Å². The highest BCUT2D eigenvalue weighted by Crippen LogP contribution is 2.82. The van der Waals surface area contributed by atoms with Crippen LogP contribution in [0, 0.1) is 106 Å². The van der Waals surface area contributed by atoms with Crippen LogP contribution in [0.25, 0.3) is 0 Å². The molecule has 5 nitrogen and oxygen atoms in total. The van der Waals surface area contributed by atoms with Crippen LogP contribution in [0.5, 0.6) is 0 Å². The Labute approximate surface area is 316 Å². The van der Waals surface area contributed by atoms with Crippen LogP contribution in [0.4, 0.5) is 0 Å². The van der Waals surface area contributed by atoms with Gasteiger partial charge >= 0.3 is 0 Å². The summed E-state index contributed by atoms with van der Waals surface area (Å²) in [7, 11) is 0. The molecular formula is C48H62O5. The first kappa shape index (κ1) is 33.3. The lowest BCUT2D eigenvalue weighted by Gasteiger charge is -2.58. The van der Waals surface area contributed by atoms with Gasteiger partial charge in [0.25, 0.3) is 0 Å². The Hall–Kier alpha value is -1.82. The topological polar surface area (TPSA) is 83.8 Å². The second-order valence-corrected chi connectivity index (χ2v) is 21.1. The summed E-state index contributed by atoms with van der Waals surface area (Å²) in [6.45, 7) is 5.60. The summed E-state index contributed by atoms with van der Waals surface area (Å²) in [5.41, 5.74) is 2.90. The van der Waals surface area contributed by atoms with E-state index >= 15 is 0 Å². The van der Waals surface area contributed by atoms with Crippen molar-refractivity contribution in [3.63, 3.8) is 0 Å². The summed E-state index contributed by atoms with van der Waals surface area (Å²) < 4.78 is 6.60. The molecule has 13 aliphatic rings. The lowest BCUT2D eigenvalue weighted by Crippen LogP contribution is -2.56. The summed E-state index contributed by atoms with van der Waals surface area (Å²) >= 11 is 0. The van der Waals surface area contributed by atoms with E-state index in [0.717, 1.165) is 110 Å². The van der Waals surface area contributed by atoms with Crippen molar-refractivity contribution in [3.8, 4) is 0 Å². The highest BCUT2D eigenvalue weighted by Gasteiger charge is 2.80. The molecule has 0 aromatic heterocycles. The number of ether oxygens (including phenoxy) is 1. The van der Waals surface area contributed by atoms with Gasteiger partial charge in [-0.25, -0.2) is 0 Å². The summed E-state index contributed by atoms with van der Waals surface area (Å²) in [5, 5.41) is 21.2. The van der Waals surface area contributed by atoms with Crippen LogP contribution in [-0.2, 0) is 14.3 Å². The lowest BCUT2D eigenvalue weighted by molar-refractivity contribution is -0.145. The highest BCUT2D eigenvalue weighted by molar-refractivity contribution is 5.92. The predicted molar refractivity (Wildman–Crippen MR) is 202 cm³/mol. The van der Waals surface area contributed by atoms with Crippen LogP contribution in [0.15, 0.2) is 47.6 Å². The maximum Gasteiger partial charge on any atom is 0.155 e. The molecule has 1 spiro atoms. The zero-order chi connectivity index (χ0) is 35.8. The van der Waals surface area contributed by atoms with Crippen molar-refractivity contribution in [1.82, 2.24) is 0 Å². The van der Waals surface area contributed by atoms with Gasteiger partial charge in [0, 0.05) is 23.7 Å². The van der Waals surface area contributed by atoms with Crippen LogP contribution in [0.1, 0.15) is 104 Å². The van der Waals surface area contributed by atoms with Crippen molar-refractivity contribution in [3.05, 3.63) is 47.6 Å². The fourth-order valence-electron chi connectivity index (χ4n) is 18.5. The van der Waals surface area contributed by atoms with E-state index in [1.807, 2.05) is 12.2 Å². The number of ketones is 2. The van der Waals surface area contributed by atoms with E-state index in [4.69, 9.17) is 4.74 Å². The Morgan fingerprint density at radius 3 is 1.85 bits per heavy atom. The van der Waals surface area contributed by atoms with Crippen molar-refractivity contribution < 1.29 is 24.5 Å². The van der Waals surface area contributed by atoms with Gasteiger partial charge in [0.15, 0.2) is 11.6 Å². The van der Waals surface area contributed by atoms with Gasteiger partial charge in [-0.3, -0.25) is 9.59 Å². The van der Waals surface area contributed by atoms with Crippen molar-refractivity contribution in [1.29, 1.82) is 0 Å². The number of hydrogen-bond donors (Lipinski definition) is 2. The number of rotatable bonds is 4. The van der Waals surface area contributed by atoms with Crippen LogP contribution in [-0.4, -0.2) is 46.2 Å². The molecule has 13 rings (SSSR count). The molecule has 20 atom stereocenters. The van der Waals surface area contributed by atoms with E-state index in [1.165, 1.54) is 56.9 Å². The second kappa shape index (κ2) is 11.0. The number of allylic oxidation sites excluding steroid dienone is 2. The van der Waals surface area contributed by atoms with Gasteiger partial charge in [-0.2, -0.15) is 0 Å². The van der Waals surface area contributed by atoms with Gasteiger partial charge in [0.05, 0.1) is 24.4 Å². The Morgan fingerprint density at radius 1 is 0.717 bits per heavy atom. The smallest absolute Gasteiger partial charge is 0.155 e. The van der Waals surface area contributed by atoms with Crippen molar-refractivity contribution in [2.45, 2.75) is 115 Å². The molecule has 10 fully saturated rings. The normalized spacial score (nSPS) is 58.9. The zero-order valence-corrected chi connectivity index (χ0v) is 32.1. The molecule has 0 radical (unpaired) electrons. The molecular weight excluding hydrogens is 657 g/mol. The van der Waals surface area contributed by atoms with Crippen molar-refractivity contribution in [2.75, 3.05) is 13.2 Å². The minimum Gasteiger partial charge on any atom is -0.392 e. The molecule has 6 unspecified atom stereocenters. The molecule has 284 valence electrons. The Morgan fingerprint density at radius 2 is 1.28 bits per heavy atom. The molecule has 0 bridgehead atoms. The number of carbonyl (C=O) groups is 2. The third-order valence-electron chi connectivity index (χ3n) is 20.2. The van der Waals surface area contributed by atoms with E-state index in [1.54, 1.807) is 11.6 Å². The maximum absolute atomic E-state index is 12.0. The fraction of sp³-hybridized carbons (Fsp3) is 0.792. The first-order valence-corrected chi connectivity index (χ1v) is 22.6. The minimum atomic E-state index is -0.714. The molecule has 10 saturated carbocycles. The predicted octanol–water partition coefficient (Wildman–Crippen LogP) is 8.07. The summed E-state index contributed by atoms with van der Waals surface area (Å²) in [5.74, 6) is 12.9. The molecule has 2 N–H and O–H groups in total. The summed E-state index contributed by atoms with van der Waals surface area (Å²) in [6.07, 6.45) is 29.2. The van der Waals surface area contributed by atoms with Crippen LogP contribution >= 0.6 is 0 Å². The maximum atomic E-state index is 12.0. The average Bonchev–Trinajstić information content (AvgIpc) is 4.01. The van der Waals surface area contributed by atoms with E-state index in [0.29, 0.717) is 46.6 Å². The van der Waals surface area contributed by atoms with Gasteiger partial charge in [-0.15, -0.1) is 0 Å². The zero-order valence-electron chi connectivity index (χ0n) is 32.1. The number of aliphatic hydroxyl groups excluding tert-OH is 1. The molecule has 0 amide bonds. The van der Waals surface area contributed by atoms with E-state index in [-0.39, 0.29) is 17.6 Å². The monoisotopic (exact) mass is 718 g/mol.